The largest absolute Gasteiger partial charge is 0.508 e. The van der Waals surface area contributed by atoms with Gasteiger partial charge < -0.3 is 14.9 Å². The van der Waals surface area contributed by atoms with E-state index in [2.05, 4.69) is 4.72 Å². The van der Waals surface area contributed by atoms with Gasteiger partial charge in [0.1, 0.15) is 22.9 Å². The number of hydrogen-bond donors (Lipinski definition) is 3. The average Bonchev–Trinajstić information content (AvgIpc) is 3.36. The molecule has 2 heterocycles. The molecule has 0 spiro atoms. The second-order valence-corrected chi connectivity index (χ2v) is 10.2. The maximum Gasteiger partial charge on any atom is 0.238 e. The van der Waals surface area contributed by atoms with Gasteiger partial charge in [0, 0.05) is 10.7 Å². The van der Waals surface area contributed by atoms with Crippen molar-refractivity contribution in [2.75, 3.05) is 4.72 Å². The molecular formula is C24H20ClNO5S. The van der Waals surface area contributed by atoms with Crippen LogP contribution in [0.15, 0.2) is 72.8 Å². The van der Waals surface area contributed by atoms with Crippen molar-refractivity contribution in [2.24, 2.45) is 0 Å². The number of fused-ring (bicyclic) bond motifs is 2. The molecule has 1 fully saturated rings. The zero-order valence-corrected chi connectivity index (χ0v) is 18.3. The molecule has 164 valence electrons. The summed E-state index contributed by atoms with van der Waals surface area (Å²) in [6, 6.07) is 19.9. The summed E-state index contributed by atoms with van der Waals surface area (Å²) in [5.41, 5.74) is 3.76. The van der Waals surface area contributed by atoms with Crippen LogP contribution in [0.5, 0.6) is 11.5 Å². The first kappa shape index (κ1) is 20.9. The van der Waals surface area contributed by atoms with E-state index in [-0.39, 0.29) is 11.5 Å². The first-order chi connectivity index (χ1) is 15.3. The summed E-state index contributed by atoms with van der Waals surface area (Å²) in [6.07, 6.45) is -0.760. The van der Waals surface area contributed by atoms with Crippen molar-refractivity contribution < 1.29 is 23.4 Å². The first-order valence-corrected chi connectivity index (χ1v) is 12.0. The average molecular weight is 470 g/mol. The van der Waals surface area contributed by atoms with E-state index < -0.39 is 27.5 Å². The second-order valence-electron chi connectivity index (χ2n) is 7.89. The van der Waals surface area contributed by atoms with Crippen molar-refractivity contribution in [3.63, 3.8) is 0 Å². The van der Waals surface area contributed by atoms with Crippen LogP contribution in [0, 0.1) is 0 Å². The van der Waals surface area contributed by atoms with E-state index in [1.165, 1.54) is 0 Å². The molecule has 0 aliphatic carbocycles. The van der Waals surface area contributed by atoms with E-state index >= 15 is 0 Å². The Balaban J connectivity index is 1.56. The van der Waals surface area contributed by atoms with Gasteiger partial charge in [0.25, 0.3) is 0 Å². The highest BCUT2D eigenvalue weighted by Gasteiger charge is 2.52. The molecule has 0 saturated carbocycles. The highest BCUT2D eigenvalue weighted by Crippen LogP contribution is 2.50. The Labute approximate surface area is 190 Å². The van der Waals surface area contributed by atoms with Crippen LogP contribution in [0.2, 0.25) is 5.02 Å². The minimum atomic E-state index is -3.76. The van der Waals surface area contributed by atoms with Crippen LogP contribution in [0.1, 0.15) is 17.5 Å². The van der Waals surface area contributed by atoms with Gasteiger partial charge in [-0.25, -0.2) is 8.42 Å². The van der Waals surface area contributed by atoms with Crippen LogP contribution in [-0.2, 0) is 14.8 Å². The number of phenols is 2. The lowest BCUT2D eigenvalue weighted by Gasteiger charge is -2.25. The van der Waals surface area contributed by atoms with Crippen LogP contribution < -0.4 is 4.72 Å². The van der Waals surface area contributed by atoms with Gasteiger partial charge in [-0.15, -0.1) is 0 Å². The fraction of sp³-hybridized carbons (Fsp3) is 0.167. The summed E-state index contributed by atoms with van der Waals surface area (Å²) in [4.78, 5) is 0. The highest BCUT2D eigenvalue weighted by molar-refractivity contribution is 7.93. The monoisotopic (exact) mass is 469 g/mol. The number of aromatic hydroxyl groups is 2. The molecule has 2 aliphatic rings. The SMILES string of the molecule is O=S(=O)(Nc1ccc(Cl)cc1)[C@@H]1C[C@@H]2O[C@H]1C(c1ccc(O)cc1)=C2c1ccc(O)cc1. The van der Waals surface area contributed by atoms with Crippen molar-refractivity contribution >= 4 is 38.5 Å². The number of hydrogen-bond acceptors (Lipinski definition) is 5. The van der Waals surface area contributed by atoms with Gasteiger partial charge in [-0.05, 0) is 77.2 Å². The van der Waals surface area contributed by atoms with Gasteiger partial charge in [-0.1, -0.05) is 35.9 Å². The molecule has 32 heavy (non-hydrogen) atoms. The van der Waals surface area contributed by atoms with Crippen molar-refractivity contribution in [1.82, 2.24) is 0 Å². The normalized spacial score (nSPS) is 22.3. The molecule has 2 bridgehead atoms. The summed E-state index contributed by atoms with van der Waals surface area (Å²) in [7, 11) is -3.76. The molecule has 3 aromatic carbocycles. The molecule has 3 aromatic rings. The highest BCUT2D eigenvalue weighted by atomic mass is 35.5. The number of rotatable bonds is 5. The van der Waals surface area contributed by atoms with E-state index in [4.69, 9.17) is 16.3 Å². The van der Waals surface area contributed by atoms with Crippen LogP contribution in [-0.4, -0.2) is 36.1 Å². The molecule has 0 unspecified atom stereocenters. The lowest BCUT2D eigenvalue weighted by molar-refractivity contribution is 0.128. The summed E-state index contributed by atoms with van der Waals surface area (Å²) in [6.45, 7) is 0. The van der Waals surface area contributed by atoms with E-state index in [1.807, 2.05) is 0 Å². The van der Waals surface area contributed by atoms with Gasteiger partial charge in [-0.2, -0.15) is 0 Å². The lowest BCUT2D eigenvalue weighted by Crippen LogP contribution is -2.36. The van der Waals surface area contributed by atoms with Crippen LogP contribution in [0.3, 0.4) is 0 Å². The molecule has 0 radical (unpaired) electrons. The molecule has 0 aromatic heterocycles. The Morgan fingerprint density at radius 1 is 0.812 bits per heavy atom. The van der Waals surface area contributed by atoms with Gasteiger partial charge in [0.05, 0.1) is 6.10 Å². The van der Waals surface area contributed by atoms with E-state index in [0.717, 1.165) is 22.3 Å². The summed E-state index contributed by atoms with van der Waals surface area (Å²) in [5.74, 6) is 0.274. The molecule has 1 saturated heterocycles. The van der Waals surface area contributed by atoms with Crippen LogP contribution >= 0.6 is 11.6 Å². The third kappa shape index (κ3) is 3.72. The maximum atomic E-state index is 13.3. The minimum absolute atomic E-state index is 0.123. The Bertz CT molecular complexity index is 1290. The van der Waals surface area contributed by atoms with Crippen molar-refractivity contribution in [2.45, 2.75) is 23.9 Å². The summed E-state index contributed by atoms with van der Waals surface area (Å²) < 4.78 is 35.4. The van der Waals surface area contributed by atoms with E-state index in [1.54, 1.807) is 72.8 Å². The van der Waals surface area contributed by atoms with Gasteiger partial charge >= 0.3 is 0 Å². The molecule has 8 heteroatoms. The zero-order chi connectivity index (χ0) is 22.5. The van der Waals surface area contributed by atoms with E-state index in [0.29, 0.717) is 17.1 Å². The number of nitrogens with one attached hydrogen (secondary N) is 1. The maximum absolute atomic E-state index is 13.3. The van der Waals surface area contributed by atoms with Gasteiger partial charge in [0.2, 0.25) is 10.0 Å². The molecule has 0 amide bonds. The van der Waals surface area contributed by atoms with Crippen molar-refractivity contribution in [1.29, 1.82) is 0 Å². The summed E-state index contributed by atoms with van der Waals surface area (Å²) >= 11 is 5.91. The molecule has 5 rings (SSSR count). The fourth-order valence-electron chi connectivity index (χ4n) is 4.41. The number of halogens is 1. The summed E-state index contributed by atoms with van der Waals surface area (Å²) in [5, 5.41) is 19.1. The molecule has 2 aliphatic heterocycles. The second kappa shape index (κ2) is 7.85. The Morgan fingerprint density at radius 2 is 1.34 bits per heavy atom. The number of sulfonamides is 1. The van der Waals surface area contributed by atoms with Crippen molar-refractivity contribution in [3.05, 3.63) is 88.9 Å². The standard InChI is InChI=1S/C24H20ClNO5S/c25-16-5-7-17(8-6-16)26-32(29,30)21-13-20-22(14-1-9-18(27)10-2-14)23(24(21)31-20)15-3-11-19(28)12-4-15/h1-12,20-21,24,26-28H,13H2/t20-,21+,24+/m0/s1. The molecule has 6 nitrogen and oxygen atoms in total. The number of benzene rings is 3. The van der Waals surface area contributed by atoms with Crippen molar-refractivity contribution in [3.8, 4) is 11.5 Å². The first-order valence-electron chi connectivity index (χ1n) is 10.1. The third-order valence-corrected chi connectivity index (χ3v) is 7.86. The quantitative estimate of drug-likeness (QED) is 0.505. The smallest absolute Gasteiger partial charge is 0.238 e. The Hall–Kier alpha value is -3.00. The van der Waals surface area contributed by atoms with Gasteiger partial charge in [0.15, 0.2) is 0 Å². The van der Waals surface area contributed by atoms with Crippen LogP contribution in [0.4, 0.5) is 5.69 Å². The third-order valence-electron chi connectivity index (χ3n) is 5.85. The molecule has 3 N–H and O–H groups in total. The lowest BCUT2D eigenvalue weighted by atomic mass is 9.83. The Morgan fingerprint density at radius 3 is 1.91 bits per heavy atom. The Kier molecular flexibility index (Phi) is 5.12. The predicted molar refractivity (Wildman–Crippen MR) is 124 cm³/mol. The zero-order valence-electron chi connectivity index (χ0n) is 16.8. The number of phenolic OH excluding ortho intramolecular Hbond substituents is 2. The number of ether oxygens (including phenoxy) is 1. The van der Waals surface area contributed by atoms with Crippen LogP contribution in [0.25, 0.3) is 11.1 Å². The molecule has 3 atom stereocenters. The fourth-order valence-corrected chi connectivity index (χ4v) is 6.11. The predicted octanol–water partition coefficient (Wildman–Crippen LogP) is 4.64. The topological polar surface area (TPSA) is 95.9 Å². The van der Waals surface area contributed by atoms with E-state index in [9.17, 15) is 18.6 Å². The van der Waals surface area contributed by atoms with Gasteiger partial charge in [-0.3, -0.25) is 4.72 Å². The molecular weight excluding hydrogens is 450 g/mol. The number of anilines is 1. The minimum Gasteiger partial charge on any atom is -0.508 e.